The smallest absolute Gasteiger partial charge is 0.281 e. The van der Waals surface area contributed by atoms with Crippen LogP contribution in [0.25, 0.3) is 0 Å². The fourth-order valence-electron chi connectivity index (χ4n) is 2.17. The summed E-state index contributed by atoms with van der Waals surface area (Å²) in [7, 11) is -0.832. The van der Waals surface area contributed by atoms with Crippen LogP contribution in [0.1, 0.15) is 32.3 Å². The Labute approximate surface area is 115 Å². The van der Waals surface area contributed by atoms with Gasteiger partial charge in [0.15, 0.2) is 0 Å². The van der Waals surface area contributed by atoms with Crippen LogP contribution < -0.4 is 4.90 Å². The van der Waals surface area contributed by atoms with Crippen LogP contribution in [0.2, 0.25) is 0 Å². The summed E-state index contributed by atoms with van der Waals surface area (Å²) in [5.74, 6) is 0.191. The highest BCUT2D eigenvalue weighted by Crippen LogP contribution is 2.31. The lowest BCUT2D eigenvalue weighted by molar-refractivity contribution is 0.236. The third-order valence-corrected chi connectivity index (χ3v) is 4.60. The van der Waals surface area contributed by atoms with Gasteiger partial charge in [-0.2, -0.15) is 0 Å². The first-order valence-electron chi connectivity index (χ1n) is 6.26. The number of halogens is 1. The van der Waals surface area contributed by atoms with Gasteiger partial charge in [0, 0.05) is 17.4 Å². The summed E-state index contributed by atoms with van der Waals surface area (Å²) < 4.78 is 22.8. The van der Waals surface area contributed by atoms with E-state index in [2.05, 4.69) is 0 Å². The van der Waals surface area contributed by atoms with Crippen LogP contribution >= 0.6 is 0 Å². The summed E-state index contributed by atoms with van der Waals surface area (Å²) in [6.45, 7) is 6.33. The molecule has 2 rings (SSSR count). The van der Waals surface area contributed by atoms with E-state index in [0.29, 0.717) is 12.4 Å². The third-order valence-electron chi connectivity index (χ3n) is 3.15. The topological polar surface area (TPSA) is 47.4 Å². The highest BCUT2D eigenvalue weighted by molar-refractivity contribution is 7.84. The second kappa shape index (κ2) is 5.28. The van der Waals surface area contributed by atoms with Crippen LogP contribution in [-0.2, 0) is 10.9 Å². The van der Waals surface area contributed by atoms with E-state index in [-0.39, 0.29) is 17.8 Å². The first-order chi connectivity index (χ1) is 8.95. The molecule has 6 heteroatoms. The zero-order valence-corrected chi connectivity index (χ0v) is 12.1. The Kier molecular flexibility index (Phi) is 3.89. The molecule has 0 aliphatic carbocycles. The maximum atomic E-state index is 13.4. The molecule has 2 amide bonds. The number of urea groups is 1. The van der Waals surface area contributed by atoms with E-state index in [0.717, 1.165) is 11.3 Å². The van der Waals surface area contributed by atoms with Crippen molar-refractivity contribution in [2.24, 2.45) is 0 Å². The molecule has 104 valence electrons. The third kappa shape index (κ3) is 2.49. The van der Waals surface area contributed by atoms with E-state index < -0.39 is 10.9 Å². The number of carbonyl (C=O) groups is 1. The Morgan fingerprint density at radius 1 is 1.47 bits per heavy atom. The number of anilines is 1. The van der Waals surface area contributed by atoms with Gasteiger partial charge in [0.1, 0.15) is 11.7 Å². The van der Waals surface area contributed by atoms with Gasteiger partial charge in [-0.05, 0) is 36.6 Å². The predicted molar refractivity (Wildman–Crippen MR) is 75.7 cm³/mol. The van der Waals surface area contributed by atoms with Crippen LogP contribution in [-0.4, -0.2) is 22.8 Å². The molecule has 1 heterocycles. The zero-order valence-electron chi connectivity index (χ0n) is 11.3. The van der Waals surface area contributed by atoms with Crippen LogP contribution in [0.4, 0.5) is 14.9 Å². The summed E-state index contributed by atoms with van der Waals surface area (Å²) in [5, 5.41) is 0. The Morgan fingerprint density at radius 3 is 2.68 bits per heavy atom. The van der Waals surface area contributed by atoms with Crippen molar-refractivity contribution in [3.8, 4) is 0 Å². The van der Waals surface area contributed by atoms with Crippen molar-refractivity contribution in [2.75, 3.05) is 17.3 Å². The number of benzene rings is 1. The average molecular weight is 283 g/mol. The molecule has 1 aromatic rings. The second-order valence-electron chi connectivity index (χ2n) is 4.76. The van der Waals surface area contributed by atoms with Gasteiger partial charge in [-0.25, -0.2) is 9.18 Å². The largest absolute Gasteiger partial charge is 0.336 e. The summed E-state index contributed by atoms with van der Waals surface area (Å²) in [6.07, 6.45) is 0. The normalized spacial score (nSPS) is 19.6. The minimum atomic E-state index is -0.832. The summed E-state index contributed by atoms with van der Waals surface area (Å²) in [5.41, 5.74) is 1.53. The summed E-state index contributed by atoms with van der Waals surface area (Å²) in [4.78, 5) is 13.8. The van der Waals surface area contributed by atoms with Gasteiger partial charge in [0.25, 0.3) is 0 Å². The maximum absolute atomic E-state index is 13.4. The Hall–Kier alpha value is -1.43. The van der Waals surface area contributed by atoms with Gasteiger partial charge < -0.3 is 0 Å². The van der Waals surface area contributed by atoms with Crippen molar-refractivity contribution in [1.82, 2.24) is 4.31 Å². The van der Waals surface area contributed by atoms with Gasteiger partial charge in [-0.15, -0.1) is 0 Å². The Bertz CT molecular complexity index is 533. The van der Waals surface area contributed by atoms with Gasteiger partial charge in [0.2, 0.25) is 0 Å². The number of hydrogen-bond donors (Lipinski definition) is 1. The number of nitrogens with one attached hydrogen (secondary N) is 1. The molecule has 1 aromatic carbocycles. The number of hydrogen-bond acceptors (Lipinski definition) is 2. The van der Waals surface area contributed by atoms with Crippen molar-refractivity contribution in [3.05, 3.63) is 29.6 Å². The molecule has 1 aliphatic heterocycles. The lowest BCUT2D eigenvalue weighted by Gasteiger charge is -2.21. The van der Waals surface area contributed by atoms with E-state index in [1.54, 1.807) is 11.0 Å². The van der Waals surface area contributed by atoms with Crippen molar-refractivity contribution in [1.29, 1.82) is 4.78 Å². The molecule has 0 aromatic heterocycles. The minimum absolute atomic E-state index is 0.127. The monoisotopic (exact) mass is 283 g/mol. The molecule has 1 aliphatic rings. The molecular weight excluding hydrogens is 265 g/mol. The van der Waals surface area contributed by atoms with Crippen molar-refractivity contribution < 1.29 is 9.18 Å². The van der Waals surface area contributed by atoms with Crippen LogP contribution in [0.3, 0.4) is 0 Å². The number of nitrogens with zero attached hydrogens (tertiary/aromatic N) is 2. The standard InChI is InChI=1S/C13H18FN3OS/c1-4-17-13(18)16(8-19(17)15)12-6-5-10(14)7-11(12)9(2)3/h5-7,9,15H,4,8H2,1-3H3. The average Bonchev–Trinajstić information content (AvgIpc) is 2.64. The van der Waals surface area contributed by atoms with Crippen molar-refractivity contribution in [2.45, 2.75) is 26.7 Å². The molecule has 0 saturated carbocycles. The van der Waals surface area contributed by atoms with E-state index >= 15 is 0 Å². The molecule has 1 N–H and O–H groups in total. The SMILES string of the molecule is CCN1C(=O)N(c2ccc(F)cc2C(C)C)CS1=N. The molecule has 1 saturated heterocycles. The van der Waals surface area contributed by atoms with Gasteiger partial charge in [0.05, 0.1) is 5.69 Å². The molecule has 0 radical (unpaired) electrons. The lowest BCUT2D eigenvalue weighted by Crippen LogP contribution is -2.32. The van der Waals surface area contributed by atoms with Gasteiger partial charge >= 0.3 is 6.03 Å². The van der Waals surface area contributed by atoms with E-state index in [4.69, 9.17) is 4.78 Å². The fraction of sp³-hybridized carbons (Fsp3) is 0.462. The predicted octanol–water partition coefficient (Wildman–Crippen LogP) is 3.46. The zero-order chi connectivity index (χ0) is 14.2. The molecular formula is C13H18FN3OS. The molecule has 4 nitrogen and oxygen atoms in total. The number of rotatable bonds is 3. The molecule has 0 bridgehead atoms. The molecule has 1 unspecified atom stereocenters. The minimum Gasteiger partial charge on any atom is -0.281 e. The van der Waals surface area contributed by atoms with E-state index in [9.17, 15) is 9.18 Å². The first-order valence-corrected chi connectivity index (χ1v) is 7.61. The van der Waals surface area contributed by atoms with E-state index in [1.165, 1.54) is 16.4 Å². The van der Waals surface area contributed by atoms with Crippen LogP contribution in [0.15, 0.2) is 18.2 Å². The molecule has 19 heavy (non-hydrogen) atoms. The lowest BCUT2D eigenvalue weighted by atomic mass is 10.0. The maximum Gasteiger partial charge on any atom is 0.336 e. The number of amides is 2. The highest BCUT2D eigenvalue weighted by Gasteiger charge is 2.33. The summed E-state index contributed by atoms with van der Waals surface area (Å²) >= 11 is 0. The Morgan fingerprint density at radius 2 is 2.16 bits per heavy atom. The van der Waals surface area contributed by atoms with Gasteiger partial charge in [-0.1, -0.05) is 13.8 Å². The van der Waals surface area contributed by atoms with E-state index in [1.807, 2.05) is 20.8 Å². The van der Waals surface area contributed by atoms with Gasteiger partial charge in [-0.3, -0.25) is 14.0 Å². The Balaban J connectivity index is 2.43. The van der Waals surface area contributed by atoms with Crippen molar-refractivity contribution >= 4 is 22.6 Å². The van der Waals surface area contributed by atoms with Crippen LogP contribution in [0.5, 0.6) is 0 Å². The molecule has 0 spiro atoms. The second-order valence-corrected chi connectivity index (χ2v) is 6.19. The summed E-state index contributed by atoms with van der Waals surface area (Å²) in [6, 6.07) is 4.32. The first kappa shape index (κ1) is 14.0. The molecule has 1 atom stereocenters. The molecule has 1 fully saturated rings. The van der Waals surface area contributed by atoms with Crippen molar-refractivity contribution in [3.63, 3.8) is 0 Å². The highest BCUT2D eigenvalue weighted by atomic mass is 32.2. The fourth-order valence-corrected chi connectivity index (χ4v) is 3.41. The number of carbonyl (C=O) groups excluding carboxylic acids is 1. The quantitative estimate of drug-likeness (QED) is 0.907. The van der Waals surface area contributed by atoms with Crippen LogP contribution in [0, 0.1) is 10.6 Å².